The number of pyridine rings is 1. The molecule has 0 aliphatic rings. The summed E-state index contributed by atoms with van der Waals surface area (Å²) in [7, 11) is 0. The van der Waals surface area contributed by atoms with Crippen molar-refractivity contribution in [1.82, 2.24) is 4.98 Å². The number of amides is 1. The third-order valence-corrected chi connectivity index (χ3v) is 3.68. The predicted octanol–water partition coefficient (Wildman–Crippen LogP) is 3.38. The largest absolute Gasteiger partial charge is 0.389 e. The van der Waals surface area contributed by atoms with Crippen molar-refractivity contribution in [1.29, 1.82) is 0 Å². The van der Waals surface area contributed by atoms with Crippen LogP contribution in [-0.2, 0) is 0 Å². The average molecular weight is 371 g/mol. The molecule has 1 amide bonds. The quantitative estimate of drug-likeness (QED) is 0.813. The third kappa shape index (κ3) is 3.33. The molecule has 2 rings (SSSR count). The summed E-state index contributed by atoms with van der Waals surface area (Å²) in [6, 6.07) is 8.39. The fourth-order valence-corrected chi connectivity index (χ4v) is 2.24. The zero-order valence-electron chi connectivity index (χ0n) is 10.1. The van der Waals surface area contributed by atoms with Crippen LogP contribution >= 0.6 is 39.7 Å². The average Bonchev–Trinajstić information content (AvgIpc) is 2.41. The van der Waals surface area contributed by atoms with Gasteiger partial charge in [-0.3, -0.25) is 4.79 Å². The second-order valence-electron chi connectivity index (χ2n) is 3.85. The van der Waals surface area contributed by atoms with Crippen LogP contribution in [0, 0.1) is 0 Å². The Morgan fingerprint density at radius 1 is 1.40 bits per heavy atom. The monoisotopic (exact) mass is 369 g/mol. The van der Waals surface area contributed by atoms with Crippen LogP contribution in [0.2, 0.25) is 5.02 Å². The summed E-state index contributed by atoms with van der Waals surface area (Å²) in [5.74, 6) is -0.375. The number of carbonyl (C=O) groups excluding carboxylic acids is 1. The van der Waals surface area contributed by atoms with Gasteiger partial charge in [0.25, 0.3) is 5.91 Å². The van der Waals surface area contributed by atoms with E-state index < -0.39 is 0 Å². The zero-order valence-corrected chi connectivity index (χ0v) is 13.2. The number of hydrogen-bond donors (Lipinski definition) is 2. The lowest BCUT2D eigenvalue weighted by molar-refractivity contribution is 0.102. The van der Waals surface area contributed by atoms with E-state index in [4.69, 9.17) is 29.6 Å². The van der Waals surface area contributed by atoms with Crippen LogP contribution in [0.4, 0.5) is 5.69 Å². The van der Waals surface area contributed by atoms with E-state index in [1.165, 1.54) is 6.20 Å². The number of anilines is 1. The van der Waals surface area contributed by atoms with Crippen LogP contribution < -0.4 is 11.1 Å². The Bertz CT molecular complexity index is 693. The van der Waals surface area contributed by atoms with Crippen molar-refractivity contribution < 1.29 is 4.79 Å². The Balaban J connectivity index is 2.30. The summed E-state index contributed by atoms with van der Waals surface area (Å²) in [4.78, 5) is 16.4. The third-order valence-electron chi connectivity index (χ3n) is 2.47. The van der Waals surface area contributed by atoms with Gasteiger partial charge >= 0.3 is 0 Å². The molecule has 0 unspecified atom stereocenters. The number of benzene rings is 1. The number of aromatic nitrogens is 1. The van der Waals surface area contributed by atoms with Gasteiger partial charge in [0.15, 0.2) is 0 Å². The van der Waals surface area contributed by atoms with E-state index in [0.717, 1.165) is 0 Å². The molecular formula is C13H9BrClN3OS. The predicted molar refractivity (Wildman–Crippen MR) is 87.2 cm³/mol. The lowest BCUT2D eigenvalue weighted by atomic mass is 10.2. The number of nitrogens with two attached hydrogens (primary N) is 1. The van der Waals surface area contributed by atoms with Gasteiger partial charge in [-0.25, -0.2) is 4.98 Å². The molecule has 0 spiro atoms. The molecular weight excluding hydrogens is 362 g/mol. The molecule has 0 saturated heterocycles. The number of rotatable bonds is 3. The highest BCUT2D eigenvalue weighted by atomic mass is 79.9. The first-order valence-corrected chi connectivity index (χ1v) is 7.08. The number of hydrogen-bond acceptors (Lipinski definition) is 3. The lowest BCUT2D eigenvalue weighted by Crippen LogP contribution is -2.16. The number of thiocarbonyl (C=S) groups is 1. The van der Waals surface area contributed by atoms with Crippen LogP contribution in [0.1, 0.15) is 16.1 Å². The maximum absolute atomic E-state index is 12.1. The van der Waals surface area contributed by atoms with Gasteiger partial charge < -0.3 is 11.1 Å². The maximum atomic E-state index is 12.1. The highest BCUT2D eigenvalue weighted by molar-refractivity contribution is 9.10. The molecule has 0 aliphatic heterocycles. The van der Waals surface area contributed by atoms with Crippen molar-refractivity contribution in [2.75, 3.05) is 5.32 Å². The van der Waals surface area contributed by atoms with Crippen LogP contribution in [0.25, 0.3) is 0 Å². The molecule has 1 aromatic carbocycles. The normalized spacial score (nSPS) is 10.1. The van der Waals surface area contributed by atoms with E-state index in [0.29, 0.717) is 20.7 Å². The molecule has 0 atom stereocenters. The van der Waals surface area contributed by atoms with E-state index in [-0.39, 0.29) is 16.6 Å². The smallest absolute Gasteiger partial charge is 0.275 e. The van der Waals surface area contributed by atoms with Gasteiger partial charge in [-0.05, 0) is 40.2 Å². The molecule has 20 heavy (non-hydrogen) atoms. The van der Waals surface area contributed by atoms with Crippen LogP contribution in [-0.4, -0.2) is 15.9 Å². The first-order chi connectivity index (χ1) is 9.49. The Morgan fingerprint density at radius 2 is 2.15 bits per heavy atom. The number of nitrogens with one attached hydrogen (secondary N) is 1. The van der Waals surface area contributed by atoms with Gasteiger partial charge in [0.2, 0.25) is 0 Å². The minimum absolute atomic E-state index is 0.233. The summed E-state index contributed by atoms with van der Waals surface area (Å²) < 4.78 is 0.596. The molecule has 0 fully saturated rings. The summed E-state index contributed by atoms with van der Waals surface area (Å²) in [5, 5.41) is 3.08. The minimum Gasteiger partial charge on any atom is -0.389 e. The fraction of sp³-hybridized carbons (Fsp3) is 0. The van der Waals surface area contributed by atoms with Crippen molar-refractivity contribution in [3.8, 4) is 0 Å². The maximum Gasteiger partial charge on any atom is 0.275 e. The molecule has 4 nitrogen and oxygen atoms in total. The van der Waals surface area contributed by atoms with E-state index in [1.807, 2.05) is 0 Å². The van der Waals surface area contributed by atoms with Gasteiger partial charge in [0, 0.05) is 16.2 Å². The fourth-order valence-electron chi connectivity index (χ4n) is 1.51. The summed E-state index contributed by atoms with van der Waals surface area (Å²) in [5.41, 5.74) is 6.88. The Hall–Kier alpha value is -1.50. The second kappa shape index (κ2) is 6.30. The summed E-state index contributed by atoms with van der Waals surface area (Å²) in [6.07, 6.45) is 1.53. The van der Waals surface area contributed by atoms with E-state index in [1.54, 1.807) is 30.3 Å². The van der Waals surface area contributed by atoms with E-state index in [9.17, 15) is 4.79 Å². The first kappa shape index (κ1) is 14.9. The molecule has 0 saturated carbocycles. The molecule has 102 valence electrons. The van der Waals surface area contributed by atoms with Crippen LogP contribution in [0.15, 0.2) is 41.0 Å². The lowest BCUT2D eigenvalue weighted by Gasteiger charge is -2.09. The zero-order chi connectivity index (χ0) is 14.7. The van der Waals surface area contributed by atoms with Gasteiger partial charge in [-0.2, -0.15) is 0 Å². The van der Waals surface area contributed by atoms with Gasteiger partial charge in [-0.15, -0.1) is 0 Å². The molecule has 7 heteroatoms. The van der Waals surface area contributed by atoms with Crippen molar-refractivity contribution in [2.45, 2.75) is 0 Å². The van der Waals surface area contributed by atoms with Crippen LogP contribution in [0.5, 0.6) is 0 Å². The van der Waals surface area contributed by atoms with Crippen molar-refractivity contribution in [3.05, 3.63) is 57.3 Å². The highest BCUT2D eigenvalue weighted by Crippen LogP contribution is 2.24. The van der Waals surface area contributed by atoms with Gasteiger partial charge in [0.05, 0.1) is 10.7 Å². The molecule has 0 aliphatic carbocycles. The Morgan fingerprint density at radius 3 is 2.80 bits per heavy atom. The Labute approximate surface area is 134 Å². The molecule has 3 N–H and O–H groups in total. The van der Waals surface area contributed by atoms with E-state index in [2.05, 4.69) is 26.2 Å². The molecule has 0 radical (unpaired) electrons. The molecule has 1 heterocycles. The highest BCUT2D eigenvalue weighted by Gasteiger charge is 2.13. The minimum atomic E-state index is -0.375. The van der Waals surface area contributed by atoms with Gasteiger partial charge in [-0.1, -0.05) is 29.9 Å². The molecule has 1 aromatic heterocycles. The van der Waals surface area contributed by atoms with E-state index >= 15 is 0 Å². The van der Waals surface area contributed by atoms with Crippen molar-refractivity contribution in [3.63, 3.8) is 0 Å². The molecule has 0 bridgehead atoms. The SMILES string of the molecule is NC(=S)c1ccc(Cl)c(NC(=O)c2ncccc2Br)c1. The standard InChI is InChI=1S/C13H9BrClN3OS/c14-8-2-1-5-17-11(8)13(19)18-10-6-7(12(16)20)3-4-9(10)15/h1-6H,(H2,16,20)(H,18,19). The number of nitrogens with zero attached hydrogens (tertiary/aromatic N) is 1. The first-order valence-electron chi connectivity index (χ1n) is 5.50. The number of halogens is 2. The summed E-state index contributed by atoms with van der Waals surface area (Å²) >= 11 is 14.2. The summed E-state index contributed by atoms with van der Waals surface area (Å²) in [6.45, 7) is 0. The van der Waals surface area contributed by atoms with Crippen LogP contribution in [0.3, 0.4) is 0 Å². The Kier molecular flexibility index (Phi) is 4.69. The van der Waals surface area contributed by atoms with Gasteiger partial charge in [0.1, 0.15) is 10.7 Å². The number of carbonyl (C=O) groups is 1. The topological polar surface area (TPSA) is 68.0 Å². The molecule has 2 aromatic rings. The van der Waals surface area contributed by atoms with Crippen molar-refractivity contribution in [2.24, 2.45) is 5.73 Å². The van der Waals surface area contributed by atoms with Crippen molar-refractivity contribution >= 4 is 56.3 Å². The second-order valence-corrected chi connectivity index (χ2v) is 5.55.